The molecule has 0 heterocycles. The second-order valence-electron chi connectivity index (χ2n) is 5.22. The van der Waals surface area contributed by atoms with Crippen molar-refractivity contribution < 1.29 is 0 Å². The summed E-state index contributed by atoms with van der Waals surface area (Å²) in [5, 5.41) is 12.2. The number of hydrogen-bond donors (Lipinski definition) is 1. The fourth-order valence-electron chi connectivity index (χ4n) is 2.44. The van der Waals surface area contributed by atoms with Gasteiger partial charge in [-0.25, -0.2) is 0 Å². The second-order valence-corrected chi connectivity index (χ2v) is 5.22. The number of rotatable bonds is 5. The predicted octanol–water partition coefficient (Wildman–Crippen LogP) is 3.24. The molecule has 2 nitrogen and oxygen atoms in total. The van der Waals surface area contributed by atoms with Crippen LogP contribution in [0, 0.1) is 16.7 Å². The zero-order valence-electron chi connectivity index (χ0n) is 10.2. The normalized spacial score (nSPS) is 21.9. The van der Waals surface area contributed by atoms with Crippen molar-refractivity contribution in [2.24, 2.45) is 5.41 Å². The lowest BCUT2D eigenvalue weighted by molar-refractivity contribution is 0.199. The first-order valence-corrected chi connectivity index (χ1v) is 6.30. The molecule has 0 bridgehead atoms. The molecule has 1 N–H and O–H groups in total. The number of nitrogens with one attached hydrogen (secondary N) is 1. The topological polar surface area (TPSA) is 35.8 Å². The molecule has 15 heavy (non-hydrogen) atoms. The summed E-state index contributed by atoms with van der Waals surface area (Å²) in [6.07, 6.45) is 8.58. The molecule has 1 saturated carbocycles. The molecule has 2 heteroatoms. The van der Waals surface area contributed by atoms with E-state index in [1.807, 2.05) is 0 Å². The summed E-state index contributed by atoms with van der Waals surface area (Å²) in [4.78, 5) is 0. The molecule has 86 valence electrons. The highest BCUT2D eigenvalue weighted by Gasteiger charge is 2.26. The molecule has 1 aliphatic carbocycles. The van der Waals surface area contributed by atoms with E-state index in [-0.39, 0.29) is 0 Å². The molecule has 0 amide bonds. The second kappa shape index (κ2) is 6.12. The Kier molecular flexibility index (Phi) is 5.11. The van der Waals surface area contributed by atoms with E-state index in [0.29, 0.717) is 17.9 Å². The Bertz CT molecular complexity index is 211. The van der Waals surface area contributed by atoms with E-state index in [9.17, 15) is 0 Å². The highest BCUT2D eigenvalue weighted by atomic mass is 14.9. The minimum atomic E-state index is 0.397. The van der Waals surface area contributed by atoms with E-state index in [4.69, 9.17) is 5.26 Å². The predicted molar refractivity (Wildman–Crippen MR) is 63.5 cm³/mol. The van der Waals surface area contributed by atoms with Crippen molar-refractivity contribution in [3.8, 4) is 6.07 Å². The van der Waals surface area contributed by atoms with Gasteiger partial charge in [0.25, 0.3) is 0 Å². The summed E-state index contributed by atoms with van der Waals surface area (Å²) in [5.74, 6) is 0. The molecule has 1 rings (SSSR count). The zero-order valence-corrected chi connectivity index (χ0v) is 10.2. The fourth-order valence-corrected chi connectivity index (χ4v) is 2.44. The Hall–Kier alpha value is -0.550. The first-order valence-electron chi connectivity index (χ1n) is 6.30. The van der Waals surface area contributed by atoms with Crippen molar-refractivity contribution >= 4 is 0 Å². The summed E-state index contributed by atoms with van der Waals surface area (Å²) in [6, 6.07) is 2.65. The SMILES string of the molecule is CCC(CC#N)NCC1(C)CCCCC1. The summed E-state index contributed by atoms with van der Waals surface area (Å²) in [6.45, 7) is 5.63. The zero-order chi connectivity index (χ0) is 11.1. The first kappa shape index (κ1) is 12.5. The maximum absolute atomic E-state index is 8.68. The summed E-state index contributed by atoms with van der Waals surface area (Å²) in [7, 11) is 0. The van der Waals surface area contributed by atoms with Crippen molar-refractivity contribution in [2.75, 3.05) is 6.54 Å². The third kappa shape index (κ3) is 4.22. The summed E-state index contributed by atoms with van der Waals surface area (Å²) < 4.78 is 0. The Morgan fingerprint density at radius 1 is 1.33 bits per heavy atom. The third-order valence-electron chi connectivity index (χ3n) is 3.71. The van der Waals surface area contributed by atoms with Gasteiger partial charge in [-0.2, -0.15) is 5.26 Å². The molecule has 0 spiro atoms. The van der Waals surface area contributed by atoms with Gasteiger partial charge in [-0.3, -0.25) is 0 Å². The van der Waals surface area contributed by atoms with Gasteiger partial charge in [0.15, 0.2) is 0 Å². The lowest BCUT2D eigenvalue weighted by Crippen LogP contribution is -2.39. The molecular formula is C13H24N2. The molecule has 1 aliphatic rings. The average molecular weight is 208 g/mol. The van der Waals surface area contributed by atoms with Crippen LogP contribution in [0.4, 0.5) is 0 Å². The quantitative estimate of drug-likeness (QED) is 0.753. The van der Waals surface area contributed by atoms with Crippen LogP contribution in [0.2, 0.25) is 0 Å². The molecule has 0 saturated heterocycles. The van der Waals surface area contributed by atoms with Crippen LogP contribution in [-0.4, -0.2) is 12.6 Å². The Morgan fingerprint density at radius 2 is 2.00 bits per heavy atom. The van der Waals surface area contributed by atoms with Crippen LogP contribution in [0.15, 0.2) is 0 Å². The van der Waals surface area contributed by atoms with E-state index >= 15 is 0 Å². The molecule has 0 aromatic carbocycles. The van der Waals surface area contributed by atoms with Crippen LogP contribution in [0.25, 0.3) is 0 Å². The molecule has 0 aromatic heterocycles. The number of hydrogen-bond acceptors (Lipinski definition) is 2. The Morgan fingerprint density at radius 3 is 2.53 bits per heavy atom. The molecule has 1 atom stereocenters. The lowest BCUT2D eigenvalue weighted by atomic mass is 9.75. The van der Waals surface area contributed by atoms with Gasteiger partial charge >= 0.3 is 0 Å². The minimum Gasteiger partial charge on any atom is -0.312 e. The van der Waals surface area contributed by atoms with E-state index in [1.54, 1.807) is 0 Å². The maximum Gasteiger partial charge on any atom is 0.0638 e. The van der Waals surface area contributed by atoms with Crippen LogP contribution >= 0.6 is 0 Å². The van der Waals surface area contributed by atoms with Crippen LogP contribution in [0.5, 0.6) is 0 Å². The van der Waals surface area contributed by atoms with E-state index in [1.165, 1.54) is 32.1 Å². The van der Waals surface area contributed by atoms with Crippen molar-refractivity contribution in [1.82, 2.24) is 5.32 Å². The van der Waals surface area contributed by atoms with Crippen LogP contribution in [0.3, 0.4) is 0 Å². The third-order valence-corrected chi connectivity index (χ3v) is 3.71. The monoisotopic (exact) mass is 208 g/mol. The maximum atomic E-state index is 8.68. The summed E-state index contributed by atoms with van der Waals surface area (Å²) in [5.41, 5.74) is 0.487. The molecule has 0 radical (unpaired) electrons. The van der Waals surface area contributed by atoms with Gasteiger partial charge in [0, 0.05) is 12.6 Å². The highest BCUT2D eigenvalue weighted by molar-refractivity contribution is 4.85. The fraction of sp³-hybridized carbons (Fsp3) is 0.923. The van der Waals surface area contributed by atoms with E-state index < -0.39 is 0 Å². The molecular weight excluding hydrogens is 184 g/mol. The average Bonchev–Trinajstić information content (AvgIpc) is 2.25. The van der Waals surface area contributed by atoms with Crippen molar-refractivity contribution in [3.05, 3.63) is 0 Å². The first-order chi connectivity index (χ1) is 7.20. The summed E-state index contributed by atoms with van der Waals surface area (Å²) >= 11 is 0. The van der Waals surface area contributed by atoms with Gasteiger partial charge in [0.1, 0.15) is 0 Å². The number of nitriles is 1. The highest BCUT2D eigenvalue weighted by Crippen LogP contribution is 2.35. The largest absolute Gasteiger partial charge is 0.312 e. The van der Waals surface area contributed by atoms with Gasteiger partial charge in [-0.1, -0.05) is 33.1 Å². The molecule has 1 unspecified atom stereocenters. The van der Waals surface area contributed by atoms with Crippen molar-refractivity contribution in [3.63, 3.8) is 0 Å². The van der Waals surface area contributed by atoms with Gasteiger partial charge in [-0.15, -0.1) is 0 Å². The van der Waals surface area contributed by atoms with Gasteiger partial charge in [0.05, 0.1) is 12.5 Å². The van der Waals surface area contributed by atoms with Gasteiger partial charge in [0.2, 0.25) is 0 Å². The Labute approximate surface area is 94.1 Å². The van der Waals surface area contributed by atoms with Crippen molar-refractivity contribution in [1.29, 1.82) is 5.26 Å². The lowest BCUT2D eigenvalue weighted by Gasteiger charge is -2.35. The molecule has 0 aromatic rings. The van der Waals surface area contributed by atoms with Crippen LogP contribution < -0.4 is 5.32 Å². The van der Waals surface area contributed by atoms with Crippen molar-refractivity contribution in [2.45, 2.75) is 64.8 Å². The van der Waals surface area contributed by atoms with Gasteiger partial charge in [-0.05, 0) is 24.7 Å². The molecule has 1 fully saturated rings. The standard InChI is InChI=1S/C13H24N2/c1-3-12(7-10-14)15-11-13(2)8-5-4-6-9-13/h12,15H,3-9,11H2,1-2H3. The van der Waals surface area contributed by atoms with E-state index in [0.717, 1.165) is 13.0 Å². The van der Waals surface area contributed by atoms with Crippen LogP contribution in [0.1, 0.15) is 58.8 Å². The number of nitrogens with zero attached hydrogens (tertiary/aromatic N) is 1. The van der Waals surface area contributed by atoms with Crippen LogP contribution in [-0.2, 0) is 0 Å². The Balaban J connectivity index is 2.30. The molecule has 0 aliphatic heterocycles. The smallest absolute Gasteiger partial charge is 0.0638 e. The minimum absolute atomic E-state index is 0.397. The van der Waals surface area contributed by atoms with Gasteiger partial charge < -0.3 is 5.32 Å². The van der Waals surface area contributed by atoms with E-state index in [2.05, 4.69) is 25.2 Å².